The predicted molar refractivity (Wildman–Crippen MR) is 82.3 cm³/mol. The Morgan fingerprint density at radius 2 is 1.86 bits per heavy atom. The fraction of sp³-hybridized carbons (Fsp3) is 0.533. The predicted octanol–water partition coefficient (Wildman–Crippen LogP) is 1.63. The Morgan fingerprint density at radius 3 is 2.48 bits per heavy atom. The first-order valence-corrected chi connectivity index (χ1v) is 7.38. The quantitative estimate of drug-likeness (QED) is 0.908. The van der Waals surface area contributed by atoms with Gasteiger partial charge < -0.3 is 5.73 Å². The van der Waals surface area contributed by atoms with Crippen LogP contribution in [0.5, 0.6) is 0 Å². The minimum Gasteiger partial charge on any atom is -0.383 e. The molecule has 0 spiro atoms. The molecule has 6 nitrogen and oxygen atoms in total. The van der Waals surface area contributed by atoms with Gasteiger partial charge in [-0.2, -0.15) is 9.78 Å². The summed E-state index contributed by atoms with van der Waals surface area (Å²) in [5, 5.41) is 4.64. The minimum absolute atomic E-state index is 0.512. The fourth-order valence-electron chi connectivity index (χ4n) is 2.81. The molecule has 0 aromatic carbocycles. The number of rotatable bonds is 2. The fourth-order valence-corrected chi connectivity index (χ4v) is 2.81. The van der Waals surface area contributed by atoms with Crippen molar-refractivity contribution in [2.75, 3.05) is 12.3 Å². The number of aromatic nitrogens is 4. The van der Waals surface area contributed by atoms with E-state index in [1.165, 1.54) is 0 Å². The third-order valence-corrected chi connectivity index (χ3v) is 3.99. The number of nitrogens with zero attached hydrogens (tertiary/aromatic N) is 5. The van der Waals surface area contributed by atoms with Gasteiger partial charge in [-0.25, -0.2) is 9.97 Å². The molecular weight excluding hydrogens is 264 g/mol. The number of nitrogens with two attached hydrogens (primary N) is 1. The summed E-state index contributed by atoms with van der Waals surface area (Å²) < 4.78 is 1.69. The summed E-state index contributed by atoms with van der Waals surface area (Å²) in [6.07, 6.45) is 0.926. The molecule has 3 rings (SSSR count). The first kappa shape index (κ1) is 14.0. The lowest BCUT2D eigenvalue weighted by molar-refractivity contribution is 0.203. The van der Waals surface area contributed by atoms with Gasteiger partial charge in [0.25, 0.3) is 5.95 Å². The summed E-state index contributed by atoms with van der Waals surface area (Å²) in [5.74, 6) is 1.23. The summed E-state index contributed by atoms with van der Waals surface area (Å²) in [6, 6.07) is 2.46. The zero-order valence-electron chi connectivity index (χ0n) is 13.1. The van der Waals surface area contributed by atoms with Crippen molar-refractivity contribution < 1.29 is 0 Å². The molecule has 0 atom stereocenters. The first-order valence-electron chi connectivity index (χ1n) is 7.38. The van der Waals surface area contributed by atoms with E-state index in [-0.39, 0.29) is 0 Å². The van der Waals surface area contributed by atoms with Gasteiger partial charge >= 0.3 is 0 Å². The van der Waals surface area contributed by atoms with Crippen LogP contribution in [-0.2, 0) is 13.0 Å². The highest BCUT2D eigenvalue weighted by Gasteiger charge is 2.25. The molecule has 112 valence electrons. The second-order valence-corrected chi connectivity index (χ2v) is 5.99. The Kier molecular flexibility index (Phi) is 3.41. The van der Waals surface area contributed by atoms with Crippen LogP contribution in [0.25, 0.3) is 5.95 Å². The van der Waals surface area contributed by atoms with Gasteiger partial charge in [-0.05, 0) is 33.8 Å². The van der Waals surface area contributed by atoms with Gasteiger partial charge in [-0.1, -0.05) is 0 Å². The number of anilines is 1. The van der Waals surface area contributed by atoms with Crippen molar-refractivity contribution in [3.63, 3.8) is 0 Å². The van der Waals surface area contributed by atoms with E-state index < -0.39 is 0 Å². The SMILES string of the molecule is Cc1cc(C)nc(-n2nc3c(c2N)CN(C(C)C)CC3)n1. The zero-order chi connectivity index (χ0) is 15.1. The molecule has 2 aromatic rings. The van der Waals surface area contributed by atoms with Gasteiger partial charge in [-0.3, -0.25) is 4.90 Å². The van der Waals surface area contributed by atoms with Crippen molar-refractivity contribution in [2.45, 2.75) is 46.7 Å². The lowest BCUT2D eigenvalue weighted by Gasteiger charge is -2.29. The molecule has 21 heavy (non-hydrogen) atoms. The number of fused-ring (bicyclic) bond motifs is 1. The van der Waals surface area contributed by atoms with Crippen LogP contribution in [0.3, 0.4) is 0 Å². The van der Waals surface area contributed by atoms with Crippen molar-refractivity contribution in [1.29, 1.82) is 0 Å². The molecular formula is C15H22N6. The molecule has 1 aliphatic heterocycles. The average Bonchev–Trinajstić information content (AvgIpc) is 2.74. The standard InChI is InChI=1S/C15H22N6/c1-9(2)20-6-5-13-12(8-20)14(16)21(19-13)15-17-10(3)7-11(4)18-15/h7,9H,5-6,8,16H2,1-4H3. The molecule has 0 bridgehead atoms. The monoisotopic (exact) mass is 286 g/mol. The largest absolute Gasteiger partial charge is 0.383 e. The van der Waals surface area contributed by atoms with Crippen molar-refractivity contribution in [2.24, 2.45) is 0 Å². The van der Waals surface area contributed by atoms with Crippen LogP contribution in [0.2, 0.25) is 0 Å². The van der Waals surface area contributed by atoms with Gasteiger partial charge in [0.15, 0.2) is 0 Å². The Labute approximate surface area is 125 Å². The summed E-state index contributed by atoms with van der Waals surface area (Å²) in [5.41, 5.74) is 10.4. The normalized spacial score (nSPS) is 15.5. The van der Waals surface area contributed by atoms with Crippen LogP contribution in [-0.4, -0.2) is 37.2 Å². The summed E-state index contributed by atoms with van der Waals surface area (Å²) in [4.78, 5) is 11.3. The Hall–Kier alpha value is -1.95. The van der Waals surface area contributed by atoms with E-state index in [1.54, 1.807) is 4.68 Å². The molecule has 2 aromatic heterocycles. The average molecular weight is 286 g/mol. The first-order chi connectivity index (χ1) is 9.95. The maximum absolute atomic E-state index is 6.31. The summed E-state index contributed by atoms with van der Waals surface area (Å²) >= 11 is 0. The van der Waals surface area contributed by atoms with E-state index >= 15 is 0 Å². The summed E-state index contributed by atoms with van der Waals surface area (Å²) in [7, 11) is 0. The molecule has 0 fully saturated rings. The smallest absolute Gasteiger partial charge is 0.252 e. The van der Waals surface area contributed by atoms with Crippen LogP contribution < -0.4 is 5.73 Å². The maximum atomic E-state index is 6.31. The van der Waals surface area contributed by atoms with E-state index in [9.17, 15) is 0 Å². The van der Waals surface area contributed by atoms with E-state index in [0.29, 0.717) is 17.8 Å². The molecule has 0 amide bonds. The lowest BCUT2D eigenvalue weighted by atomic mass is 10.1. The van der Waals surface area contributed by atoms with Crippen LogP contribution in [0.15, 0.2) is 6.07 Å². The molecule has 3 heterocycles. The third kappa shape index (κ3) is 2.51. The maximum Gasteiger partial charge on any atom is 0.252 e. The highest BCUT2D eigenvalue weighted by Crippen LogP contribution is 2.26. The molecule has 0 unspecified atom stereocenters. The zero-order valence-corrected chi connectivity index (χ0v) is 13.1. The molecule has 0 saturated carbocycles. The van der Waals surface area contributed by atoms with Gasteiger partial charge in [0, 0.05) is 42.5 Å². The second-order valence-electron chi connectivity index (χ2n) is 5.99. The second kappa shape index (κ2) is 5.11. The van der Waals surface area contributed by atoms with E-state index in [4.69, 9.17) is 5.73 Å². The molecule has 1 aliphatic rings. The van der Waals surface area contributed by atoms with Crippen LogP contribution in [0.4, 0.5) is 5.82 Å². The minimum atomic E-state index is 0.512. The van der Waals surface area contributed by atoms with Gasteiger partial charge in [0.2, 0.25) is 0 Å². The molecule has 0 radical (unpaired) electrons. The molecule has 0 saturated heterocycles. The van der Waals surface area contributed by atoms with E-state index in [1.807, 2.05) is 19.9 Å². The van der Waals surface area contributed by atoms with Gasteiger partial charge in [0.1, 0.15) is 5.82 Å². The van der Waals surface area contributed by atoms with E-state index in [2.05, 4.69) is 33.8 Å². The lowest BCUT2D eigenvalue weighted by Crippen LogP contribution is -2.35. The van der Waals surface area contributed by atoms with Crippen molar-refractivity contribution in [3.8, 4) is 5.95 Å². The number of aryl methyl sites for hydroxylation is 2. The number of nitrogen functional groups attached to an aromatic ring is 1. The van der Waals surface area contributed by atoms with E-state index in [0.717, 1.165) is 42.2 Å². The van der Waals surface area contributed by atoms with Crippen molar-refractivity contribution in [3.05, 3.63) is 28.7 Å². The topological polar surface area (TPSA) is 72.9 Å². The van der Waals surface area contributed by atoms with Crippen molar-refractivity contribution in [1.82, 2.24) is 24.6 Å². The Bertz CT molecular complexity index is 653. The summed E-state index contributed by atoms with van der Waals surface area (Å²) in [6.45, 7) is 10.2. The highest BCUT2D eigenvalue weighted by atomic mass is 15.4. The molecule has 6 heteroatoms. The van der Waals surface area contributed by atoms with Crippen LogP contribution in [0.1, 0.15) is 36.5 Å². The van der Waals surface area contributed by atoms with Gasteiger partial charge in [-0.15, -0.1) is 0 Å². The Balaban J connectivity index is 2.03. The Morgan fingerprint density at radius 1 is 1.19 bits per heavy atom. The van der Waals surface area contributed by atoms with Crippen LogP contribution in [0, 0.1) is 13.8 Å². The molecule has 0 aliphatic carbocycles. The highest BCUT2D eigenvalue weighted by molar-refractivity contribution is 5.48. The number of hydrogen-bond acceptors (Lipinski definition) is 5. The molecule has 2 N–H and O–H groups in total. The van der Waals surface area contributed by atoms with Gasteiger partial charge in [0.05, 0.1) is 5.69 Å². The number of hydrogen-bond donors (Lipinski definition) is 1. The third-order valence-electron chi connectivity index (χ3n) is 3.99. The van der Waals surface area contributed by atoms with Crippen molar-refractivity contribution >= 4 is 5.82 Å². The van der Waals surface area contributed by atoms with Crippen LogP contribution >= 0.6 is 0 Å².